The first-order valence-corrected chi connectivity index (χ1v) is 6.34. The molecule has 0 bridgehead atoms. The molecule has 1 heterocycles. The van der Waals surface area contributed by atoms with E-state index in [2.05, 4.69) is 4.90 Å². The maximum Gasteiger partial charge on any atom is 0.342 e. The third kappa shape index (κ3) is 2.57. The van der Waals surface area contributed by atoms with Gasteiger partial charge in [-0.25, -0.2) is 4.79 Å². The lowest BCUT2D eigenvalue weighted by molar-refractivity contribution is -0.384. The molecule has 7 heteroatoms. The van der Waals surface area contributed by atoms with Crippen LogP contribution in [0.2, 0.25) is 0 Å². The minimum absolute atomic E-state index is 0.263. The predicted octanol–water partition coefficient (Wildman–Crippen LogP) is 1.43. The molecule has 1 fully saturated rings. The fourth-order valence-corrected chi connectivity index (χ4v) is 2.53. The van der Waals surface area contributed by atoms with Gasteiger partial charge in [0, 0.05) is 19.1 Å². The summed E-state index contributed by atoms with van der Waals surface area (Å²) in [6, 6.07) is 4.75. The van der Waals surface area contributed by atoms with Gasteiger partial charge in [0.25, 0.3) is 0 Å². The van der Waals surface area contributed by atoms with Gasteiger partial charge in [0.1, 0.15) is 11.3 Å². The molecule has 0 radical (unpaired) electrons. The van der Waals surface area contributed by atoms with Gasteiger partial charge >= 0.3 is 11.7 Å². The van der Waals surface area contributed by atoms with E-state index in [1.807, 2.05) is 19.0 Å². The molecule has 2 rings (SSSR count). The Balaban J connectivity index is 2.40. The second kappa shape index (κ2) is 5.46. The Morgan fingerprint density at radius 2 is 2.20 bits per heavy atom. The van der Waals surface area contributed by atoms with Crippen molar-refractivity contribution in [3.8, 4) is 0 Å². The molecule has 20 heavy (non-hydrogen) atoms. The number of benzene rings is 1. The Bertz CT molecular complexity index is 544. The summed E-state index contributed by atoms with van der Waals surface area (Å²) in [5.41, 5.74) is -0.195. The van der Waals surface area contributed by atoms with Crippen LogP contribution in [0, 0.1) is 10.1 Å². The monoisotopic (exact) mass is 279 g/mol. The van der Waals surface area contributed by atoms with E-state index >= 15 is 0 Å². The van der Waals surface area contributed by atoms with E-state index in [4.69, 9.17) is 5.11 Å². The molecule has 1 saturated heterocycles. The maximum absolute atomic E-state index is 11.2. The highest BCUT2D eigenvalue weighted by atomic mass is 16.6. The zero-order valence-corrected chi connectivity index (χ0v) is 11.4. The summed E-state index contributed by atoms with van der Waals surface area (Å²) in [4.78, 5) is 25.7. The van der Waals surface area contributed by atoms with Crippen molar-refractivity contribution < 1.29 is 14.8 Å². The lowest BCUT2D eigenvalue weighted by atomic mass is 10.1. The van der Waals surface area contributed by atoms with Crippen LogP contribution in [-0.4, -0.2) is 54.1 Å². The second-order valence-corrected chi connectivity index (χ2v) is 5.09. The van der Waals surface area contributed by atoms with E-state index < -0.39 is 10.9 Å². The van der Waals surface area contributed by atoms with Crippen molar-refractivity contribution in [2.75, 3.05) is 32.1 Å². The molecule has 0 aliphatic carbocycles. The largest absolute Gasteiger partial charge is 0.477 e. The summed E-state index contributed by atoms with van der Waals surface area (Å²) in [7, 11) is 3.94. The molecule has 1 aliphatic heterocycles. The molecule has 1 atom stereocenters. The number of nitrogens with zero attached hydrogens (tertiary/aromatic N) is 3. The number of hydrogen-bond donors (Lipinski definition) is 1. The molecule has 1 N–H and O–H groups in total. The van der Waals surface area contributed by atoms with Crippen molar-refractivity contribution in [2.24, 2.45) is 0 Å². The van der Waals surface area contributed by atoms with Crippen LogP contribution in [0.15, 0.2) is 18.2 Å². The fourth-order valence-electron chi connectivity index (χ4n) is 2.53. The number of rotatable bonds is 4. The number of aromatic carboxylic acids is 1. The van der Waals surface area contributed by atoms with Crippen molar-refractivity contribution in [1.82, 2.24) is 4.90 Å². The van der Waals surface area contributed by atoms with Crippen LogP contribution in [0.1, 0.15) is 16.8 Å². The first kappa shape index (κ1) is 14.3. The average molecular weight is 279 g/mol. The molecule has 1 aromatic rings. The van der Waals surface area contributed by atoms with Crippen LogP contribution in [0.25, 0.3) is 0 Å². The molecular formula is C13H17N3O4. The Morgan fingerprint density at radius 3 is 2.70 bits per heavy atom. The van der Waals surface area contributed by atoms with Crippen molar-refractivity contribution >= 4 is 17.3 Å². The Hall–Kier alpha value is -2.15. The van der Waals surface area contributed by atoms with Gasteiger partial charge in [-0.05, 0) is 32.6 Å². The lowest BCUT2D eigenvalue weighted by Gasteiger charge is -2.22. The predicted molar refractivity (Wildman–Crippen MR) is 74.4 cm³/mol. The van der Waals surface area contributed by atoms with Gasteiger partial charge in [-0.2, -0.15) is 0 Å². The minimum atomic E-state index is -1.28. The topological polar surface area (TPSA) is 86.9 Å². The smallest absolute Gasteiger partial charge is 0.342 e. The van der Waals surface area contributed by atoms with Gasteiger partial charge in [0.15, 0.2) is 0 Å². The normalized spacial score (nSPS) is 18.6. The molecule has 108 valence electrons. The van der Waals surface area contributed by atoms with Crippen LogP contribution < -0.4 is 4.90 Å². The summed E-state index contributed by atoms with van der Waals surface area (Å²) >= 11 is 0. The lowest BCUT2D eigenvalue weighted by Crippen LogP contribution is -2.31. The number of carboxylic acid groups (broad SMARTS) is 1. The van der Waals surface area contributed by atoms with E-state index in [-0.39, 0.29) is 11.3 Å². The van der Waals surface area contributed by atoms with Crippen molar-refractivity contribution in [3.63, 3.8) is 0 Å². The number of likely N-dealkylation sites (N-methyl/N-ethyl adjacent to an activating group) is 1. The van der Waals surface area contributed by atoms with Gasteiger partial charge in [-0.1, -0.05) is 6.07 Å². The van der Waals surface area contributed by atoms with Crippen molar-refractivity contribution in [1.29, 1.82) is 0 Å². The quantitative estimate of drug-likeness (QED) is 0.662. The third-order valence-electron chi connectivity index (χ3n) is 3.66. The fraction of sp³-hybridized carbons (Fsp3) is 0.462. The number of nitro benzene ring substituents is 1. The van der Waals surface area contributed by atoms with E-state index in [9.17, 15) is 14.9 Å². The van der Waals surface area contributed by atoms with E-state index in [1.165, 1.54) is 6.07 Å². The zero-order valence-electron chi connectivity index (χ0n) is 11.4. The highest BCUT2D eigenvalue weighted by Crippen LogP contribution is 2.34. The van der Waals surface area contributed by atoms with Crippen LogP contribution in [-0.2, 0) is 0 Å². The molecule has 0 saturated carbocycles. The number of carboxylic acids is 1. The SMILES string of the molecule is CN(C)C1CCN(c2cccc(C(=O)O)c2[N+](=O)[O-])C1. The van der Waals surface area contributed by atoms with Crippen LogP contribution in [0.5, 0.6) is 0 Å². The molecule has 0 spiro atoms. The van der Waals surface area contributed by atoms with Crippen molar-refractivity contribution in [2.45, 2.75) is 12.5 Å². The Kier molecular flexibility index (Phi) is 3.89. The summed E-state index contributed by atoms with van der Waals surface area (Å²) in [6.07, 6.45) is 0.904. The van der Waals surface area contributed by atoms with E-state index in [0.717, 1.165) is 6.42 Å². The molecule has 1 aromatic carbocycles. The molecule has 7 nitrogen and oxygen atoms in total. The number of hydrogen-bond acceptors (Lipinski definition) is 5. The summed E-state index contributed by atoms with van der Waals surface area (Å²) in [6.45, 7) is 1.35. The van der Waals surface area contributed by atoms with Crippen molar-refractivity contribution in [3.05, 3.63) is 33.9 Å². The van der Waals surface area contributed by atoms with E-state index in [1.54, 1.807) is 12.1 Å². The van der Waals surface area contributed by atoms with E-state index in [0.29, 0.717) is 24.8 Å². The number of anilines is 1. The minimum Gasteiger partial charge on any atom is -0.477 e. The average Bonchev–Trinajstić information content (AvgIpc) is 2.87. The van der Waals surface area contributed by atoms with Crippen LogP contribution >= 0.6 is 0 Å². The summed E-state index contributed by atoms with van der Waals surface area (Å²) < 4.78 is 0. The van der Waals surface area contributed by atoms with Gasteiger partial charge in [0.2, 0.25) is 0 Å². The zero-order chi connectivity index (χ0) is 14.9. The molecule has 0 amide bonds. The number of para-hydroxylation sites is 1. The third-order valence-corrected chi connectivity index (χ3v) is 3.66. The molecule has 0 aromatic heterocycles. The van der Waals surface area contributed by atoms with Gasteiger partial charge in [-0.15, -0.1) is 0 Å². The van der Waals surface area contributed by atoms with Gasteiger partial charge in [0.05, 0.1) is 4.92 Å². The summed E-state index contributed by atoms with van der Waals surface area (Å²) in [5.74, 6) is -1.28. The standard InChI is InChI=1S/C13H17N3O4/c1-14(2)9-6-7-15(8-9)11-5-3-4-10(13(17)18)12(11)16(19)20/h3-5,9H,6-8H2,1-2H3,(H,17,18). The number of carbonyl (C=O) groups is 1. The van der Waals surface area contributed by atoms with Gasteiger partial charge < -0.3 is 14.9 Å². The molecule has 1 unspecified atom stereocenters. The second-order valence-electron chi connectivity index (χ2n) is 5.09. The molecular weight excluding hydrogens is 262 g/mol. The van der Waals surface area contributed by atoms with Gasteiger partial charge in [-0.3, -0.25) is 10.1 Å². The first-order valence-electron chi connectivity index (χ1n) is 6.34. The Labute approximate surface area is 116 Å². The maximum atomic E-state index is 11.2. The highest BCUT2D eigenvalue weighted by Gasteiger charge is 2.31. The Morgan fingerprint density at radius 1 is 1.50 bits per heavy atom. The highest BCUT2D eigenvalue weighted by molar-refractivity contribution is 5.95. The first-order chi connectivity index (χ1) is 9.41. The van der Waals surface area contributed by atoms with Crippen LogP contribution in [0.3, 0.4) is 0 Å². The molecule has 1 aliphatic rings. The van der Waals surface area contributed by atoms with Crippen LogP contribution in [0.4, 0.5) is 11.4 Å². The summed E-state index contributed by atoms with van der Waals surface area (Å²) in [5, 5.41) is 20.3. The number of nitro groups is 1.